The molecule has 0 unspecified atom stereocenters. The number of hydrogen-bond acceptors (Lipinski definition) is 4. The summed E-state index contributed by atoms with van der Waals surface area (Å²) in [4.78, 5) is 31.0. The summed E-state index contributed by atoms with van der Waals surface area (Å²) in [6, 6.07) is 8.11. The van der Waals surface area contributed by atoms with Gasteiger partial charge in [0.2, 0.25) is 5.95 Å². The van der Waals surface area contributed by atoms with Crippen LogP contribution in [0.1, 0.15) is 24.5 Å². The quantitative estimate of drug-likeness (QED) is 0.745. The molecule has 0 atom stereocenters. The Labute approximate surface area is 139 Å². The summed E-state index contributed by atoms with van der Waals surface area (Å²) >= 11 is 0. The van der Waals surface area contributed by atoms with E-state index in [-0.39, 0.29) is 0 Å². The SMILES string of the molecule is CCCNc1nc2c(c(=O)[nH]c(=O)n2C)n1Cc1cccc(C)c1. The van der Waals surface area contributed by atoms with E-state index in [1.54, 1.807) is 7.05 Å². The van der Waals surface area contributed by atoms with Gasteiger partial charge in [-0.25, -0.2) is 4.79 Å². The van der Waals surface area contributed by atoms with Crippen LogP contribution in [0.4, 0.5) is 5.95 Å². The zero-order valence-electron chi connectivity index (χ0n) is 14.1. The van der Waals surface area contributed by atoms with Crippen molar-refractivity contribution in [1.29, 1.82) is 0 Å². The van der Waals surface area contributed by atoms with Gasteiger partial charge in [-0.3, -0.25) is 18.9 Å². The largest absolute Gasteiger partial charge is 0.356 e. The molecule has 0 fully saturated rings. The van der Waals surface area contributed by atoms with Crippen LogP contribution in [-0.2, 0) is 13.6 Å². The lowest BCUT2D eigenvalue weighted by atomic mass is 10.1. The number of fused-ring (bicyclic) bond motifs is 1. The summed E-state index contributed by atoms with van der Waals surface area (Å²) in [5.74, 6) is 0.597. The molecule has 0 saturated heterocycles. The fourth-order valence-corrected chi connectivity index (χ4v) is 2.75. The Kier molecular flexibility index (Phi) is 4.24. The molecule has 0 saturated carbocycles. The number of hydrogen-bond donors (Lipinski definition) is 2. The van der Waals surface area contributed by atoms with E-state index < -0.39 is 11.2 Å². The van der Waals surface area contributed by atoms with Crippen molar-refractivity contribution in [3.8, 4) is 0 Å². The Morgan fingerprint density at radius 1 is 1.29 bits per heavy atom. The van der Waals surface area contributed by atoms with Gasteiger partial charge in [0.1, 0.15) is 0 Å². The zero-order valence-corrected chi connectivity index (χ0v) is 14.1. The van der Waals surface area contributed by atoms with E-state index in [1.807, 2.05) is 29.7 Å². The monoisotopic (exact) mass is 327 g/mol. The van der Waals surface area contributed by atoms with E-state index in [0.29, 0.717) is 23.7 Å². The highest BCUT2D eigenvalue weighted by atomic mass is 16.2. The van der Waals surface area contributed by atoms with Crippen LogP contribution in [0, 0.1) is 6.92 Å². The molecule has 2 aromatic heterocycles. The molecule has 3 aromatic rings. The Morgan fingerprint density at radius 3 is 2.79 bits per heavy atom. The first-order valence-corrected chi connectivity index (χ1v) is 8.00. The Balaban J connectivity index is 2.21. The Hall–Kier alpha value is -2.83. The van der Waals surface area contributed by atoms with Crippen molar-refractivity contribution in [1.82, 2.24) is 19.1 Å². The van der Waals surface area contributed by atoms with Crippen molar-refractivity contribution in [2.24, 2.45) is 7.05 Å². The van der Waals surface area contributed by atoms with Gasteiger partial charge in [0.15, 0.2) is 11.2 Å². The van der Waals surface area contributed by atoms with Gasteiger partial charge < -0.3 is 5.32 Å². The molecule has 24 heavy (non-hydrogen) atoms. The van der Waals surface area contributed by atoms with Gasteiger partial charge in [-0.2, -0.15) is 4.98 Å². The minimum Gasteiger partial charge on any atom is -0.356 e. The molecule has 0 aliphatic rings. The van der Waals surface area contributed by atoms with E-state index in [4.69, 9.17) is 0 Å². The average molecular weight is 327 g/mol. The van der Waals surface area contributed by atoms with Crippen molar-refractivity contribution >= 4 is 17.1 Å². The second-order valence-electron chi connectivity index (χ2n) is 5.93. The summed E-state index contributed by atoms with van der Waals surface area (Å²) in [5.41, 5.74) is 2.13. The summed E-state index contributed by atoms with van der Waals surface area (Å²) in [7, 11) is 1.61. The molecule has 1 aromatic carbocycles. The van der Waals surface area contributed by atoms with Crippen molar-refractivity contribution in [2.75, 3.05) is 11.9 Å². The number of nitrogens with zero attached hydrogens (tertiary/aromatic N) is 3. The maximum absolute atomic E-state index is 12.4. The van der Waals surface area contributed by atoms with Crippen LogP contribution in [-0.4, -0.2) is 25.6 Å². The predicted molar refractivity (Wildman–Crippen MR) is 94.7 cm³/mol. The van der Waals surface area contributed by atoms with Crippen LogP contribution in [0.15, 0.2) is 33.9 Å². The second kappa shape index (κ2) is 6.35. The molecule has 0 radical (unpaired) electrons. The highest BCUT2D eigenvalue weighted by Gasteiger charge is 2.17. The first kappa shape index (κ1) is 16.0. The highest BCUT2D eigenvalue weighted by molar-refractivity contribution is 5.74. The molecule has 7 nitrogen and oxygen atoms in total. The van der Waals surface area contributed by atoms with Crippen molar-refractivity contribution in [2.45, 2.75) is 26.8 Å². The van der Waals surface area contributed by atoms with Gasteiger partial charge in [0, 0.05) is 13.6 Å². The number of nitrogens with one attached hydrogen (secondary N) is 2. The fourth-order valence-electron chi connectivity index (χ4n) is 2.75. The van der Waals surface area contributed by atoms with Crippen LogP contribution in [0.25, 0.3) is 11.2 Å². The van der Waals surface area contributed by atoms with E-state index in [0.717, 1.165) is 24.1 Å². The normalized spacial score (nSPS) is 11.1. The third kappa shape index (κ3) is 2.84. The Morgan fingerprint density at radius 2 is 2.08 bits per heavy atom. The number of anilines is 1. The smallest absolute Gasteiger partial charge is 0.329 e. The van der Waals surface area contributed by atoms with Gasteiger partial charge in [0.25, 0.3) is 5.56 Å². The van der Waals surface area contributed by atoms with E-state index in [1.165, 1.54) is 4.57 Å². The number of H-pyrrole nitrogens is 1. The van der Waals surface area contributed by atoms with Gasteiger partial charge in [-0.15, -0.1) is 0 Å². The number of aromatic nitrogens is 4. The third-order valence-electron chi connectivity index (χ3n) is 3.96. The highest BCUT2D eigenvalue weighted by Crippen LogP contribution is 2.18. The number of rotatable bonds is 5. The summed E-state index contributed by atoms with van der Waals surface area (Å²) in [5, 5.41) is 3.24. The molecule has 126 valence electrons. The third-order valence-corrected chi connectivity index (χ3v) is 3.96. The standard InChI is InChI=1S/C17H21N5O2/c1-4-8-18-16-19-14-13(15(23)20-17(24)21(14)3)22(16)10-12-7-5-6-11(2)9-12/h5-7,9H,4,8,10H2,1-3H3,(H,18,19)(H,20,23,24). The maximum Gasteiger partial charge on any atom is 0.329 e. The lowest BCUT2D eigenvalue weighted by Gasteiger charge is -2.10. The molecule has 0 bridgehead atoms. The zero-order chi connectivity index (χ0) is 17.3. The van der Waals surface area contributed by atoms with Crippen molar-refractivity contribution in [3.63, 3.8) is 0 Å². The molecule has 3 rings (SSSR count). The van der Waals surface area contributed by atoms with E-state index in [2.05, 4.69) is 28.3 Å². The number of aromatic amines is 1. The fraction of sp³-hybridized carbons (Fsp3) is 0.353. The molecule has 0 amide bonds. The van der Waals surface area contributed by atoms with E-state index >= 15 is 0 Å². The predicted octanol–water partition coefficient (Wildman–Crippen LogP) is 1.60. The average Bonchev–Trinajstić information content (AvgIpc) is 2.90. The van der Waals surface area contributed by atoms with Crippen LogP contribution < -0.4 is 16.6 Å². The number of aryl methyl sites for hydroxylation is 2. The van der Waals surface area contributed by atoms with Crippen LogP contribution in [0.5, 0.6) is 0 Å². The maximum atomic E-state index is 12.4. The molecule has 0 aliphatic heterocycles. The summed E-state index contributed by atoms with van der Waals surface area (Å²) in [6.07, 6.45) is 0.933. The first-order chi connectivity index (χ1) is 11.5. The van der Waals surface area contributed by atoms with E-state index in [9.17, 15) is 9.59 Å². The van der Waals surface area contributed by atoms with Gasteiger partial charge in [0.05, 0.1) is 6.54 Å². The molecule has 2 heterocycles. The van der Waals surface area contributed by atoms with Gasteiger partial charge in [-0.05, 0) is 18.9 Å². The van der Waals surface area contributed by atoms with Crippen molar-refractivity contribution < 1.29 is 0 Å². The summed E-state index contributed by atoms with van der Waals surface area (Å²) < 4.78 is 3.19. The topological polar surface area (TPSA) is 84.7 Å². The van der Waals surface area contributed by atoms with Crippen LogP contribution in [0.3, 0.4) is 0 Å². The molecule has 0 aliphatic carbocycles. The Bertz CT molecular complexity index is 996. The molecule has 2 N–H and O–H groups in total. The lowest BCUT2D eigenvalue weighted by molar-refractivity contribution is 0.802. The lowest BCUT2D eigenvalue weighted by Crippen LogP contribution is -2.29. The van der Waals surface area contributed by atoms with Crippen molar-refractivity contribution in [3.05, 3.63) is 56.2 Å². The van der Waals surface area contributed by atoms with Gasteiger partial charge in [-0.1, -0.05) is 36.8 Å². The second-order valence-corrected chi connectivity index (χ2v) is 5.93. The molecular weight excluding hydrogens is 306 g/mol. The van der Waals surface area contributed by atoms with Crippen LogP contribution in [0.2, 0.25) is 0 Å². The summed E-state index contributed by atoms with van der Waals surface area (Å²) in [6.45, 7) is 5.33. The van der Waals surface area contributed by atoms with Gasteiger partial charge >= 0.3 is 5.69 Å². The molecule has 0 spiro atoms. The number of imidazole rings is 1. The molecular formula is C17H21N5O2. The van der Waals surface area contributed by atoms with Crippen LogP contribution >= 0.6 is 0 Å². The number of benzene rings is 1. The minimum atomic E-state index is -0.463. The first-order valence-electron chi connectivity index (χ1n) is 8.00. The molecule has 7 heteroatoms. The minimum absolute atomic E-state index is 0.384.